The van der Waals surface area contributed by atoms with Crippen molar-refractivity contribution in [3.63, 3.8) is 0 Å². The van der Waals surface area contributed by atoms with Crippen LogP contribution in [0.5, 0.6) is 0 Å². The number of aromatic nitrogens is 5. The third kappa shape index (κ3) is 4.09. The number of aryl methyl sites for hydroxylation is 1. The standard InChI is InChI=1S/C20H24N8O/c1-14-19(5-4-17(23-14)20(21)29)28-13-18(24-25-28)15-10-16(12-22-11-15)27-7-3-6-26(2)8-9-27/h4-5,10-13H,3,6-9H2,1-2H3,(H2,21,29). The SMILES string of the molecule is Cc1nc(C(N)=O)ccc1-n1cc(-c2cncc(N3CCCN(C)CC3)c2)nn1. The van der Waals surface area contributed by atoms with Crippen molar-refractivity contribution in [3.05, 3.63) is 48.2 Å². The zero-order chi connectivity index (χ0) is 20.4. The highest BCUT2D eigenvalue weighted by Crippen LogP contribution is 2.24. The molecule has 150 valence electrons. The van der Waals surface area contributed by atoms with Gasteiger partial charge in [0, 0.05) is 31.4 Å². The lowest BCUT2D eigenvalue weighted by Gasteiger charge is -2.22. The third-order valence-corrected chi connectivity index (χ3v) is 5.15. The summed E-state index contributed by atoms with van der Waals surface area (Å²) < 4.78 is 1.65. The lowest BCUT2D eigenvalue weighted by atomic mass is 10.2. The Bertz CT molecular complexity index is 1030. The van der Waals surface area contributed by atoms with E-state index in [4.69, 9.17) is 5.73 Å². The van der Waals surface area contributed by atoms with E-state index in [2.05, 4.69) is 43.2 Å². The lowest BCUT2D eigenvalue weighted by molar-refractivity contribution is 0.0995. The summed E-state index contributed by atoms with van der Waals surface area (Å²) in [5.41, 5.74) is 9.65. The van der Waals surface area contributed by atoms with Crippen LogP contribution in [0.1, 0.15) is 22.6 Å². The number of hydrogen-bond donors (Lipinski definition) is 1. The van der Waals surface area contributed by atoms with Crippen molar-refractivity contribution in [3.8, 4) is 16.9 Å². The molecule has 3 aromatic rings. The molecule has 3 aromatic heterocycles. The molecule has 1 fully saturated rings. The molecule has 29 heavy (non-hydrogen) atoms. The Morgan fingerprint density at radius 3 is 2.79 bits per heavy atom. The monoisotopic (exact) mass is 392 g/mol. The van der Waals surface area contributed by atoms with Gasteiger partial charge in [-0.05, 0) is 45.1 Å². The van der Waals surface area contributed by atoms with E-state index >= 15 is 0 Å². The average molecular weight is 392 g/mol. The van der Waals surface area contributed by atoms with Crippen LogP contribution in [0.25, 0.3) is 16.9 Å². The summed E-state index contributed by atoms with van der Waals surface area (Å²) in [4.78, 5) is 24.7. The number of pyridine rings is 2. The van der Waals surface area contributed by atoms with Gasteiger partial charge in [0.05, 0.1) is 29.5 Å². The van der Waals surface area contributed by atoms with Crippen LogP contribution < -0.4 is 10.6 Å². The highest BCUT2D eigenvalue weighted by Gasteiger charge is 2.15. The van der Waals surface area contributed by atoms with Gasteiger partial charge in [0.25, 0.3) is 5.91 Å². The molecule has 0 atom stereocenters. The van der Waals surface area contributed by atoms with Gasteiger partial charge in [-0.3, -0.25) is 9.78 Å². The molecule has 0 bridgehead atoms. The molecule has 4 rings (SSSR count). The van der Waals surface area contributed by atoms with Crippen molar-refractivity contribution < 1.29 is 4.79 Å². The van der Waals surface area contributed by atoms with Gasteiger partial charge in [-0.2, -0.15) is 0 Å². The number of amides is 1. The zero-order valence-corrected chi connectivity index (χ0v) is 16.6. The molecule has 0 saturated carbocycles. The van der Waals surface area contributed by atoms with E-state index < -0.39 is 5.91 Å². The molecule has 0 radical (unpaired) electrons. The predicted molar refractivity (Wildman–Crippen MR) is 110 cm³/mol. The summed E-state index contributed by atoms with van der Waals surface area (Å²) >= 11 is 0. The van der Waals surface area contributed by atoms with E-state index in [0.717, 1.165) is 55.2 Å². The number of rotatable bonds is 4. The Labute approximate surface area is 169 Å². The second-order valence-corrected chi connectivity index (χ2v) is 7.29. The zero-order valence-electron chi connectivity index (χ0n) is 16.6. The molecular weight excluding hydrogens is 368 g/mol. The van der Waals surface area contributed by atoms with Crippen molar-refractivity contribution >= 4 is 11.6 Å². The van der Waals surface area contributed by atoms with Gasteiger partial charge in [-0.15, -0.1) is 5.10 Å². The van der Waals surface area contributed by atoms with Crippen molar-refractivity contribution in [2.75, 3.05) is 38.1 Å². The van der Waals surface area contributed by atoms with Crippen LogP contribution in [0.3, 0.4) is 0 Å². The molecule has 0 spiro atoms. The van der Waals surface area contributed by atoms with Crippen LogP contribution >= 0.6 is 0 Å². The molecule has 4 heterocycles. The lowest BCUT2D eigenvalue weighted by Crippen LogP contribution is -2.28. The Balaban J connectivity index is 1.59. The first-order valence-corrected chi connectivity index (χ1v) is 9.60. The van der Waals surface area contributed by atoms with Crippen molar-refractivity contribution in [2.24, 2.45) is 5.73 Å². The first-order chi connectivity index (χ1) is 14.0. The summed E-state index contributed by atoms with van der Waals surface area (Å²) in [7, 11) is 2.16. The minimum absolute atomic E-state index is 0.228. The molecule has 1 saturated heterocycles. The average Bonchev–Trinajstić information content (AvgIpc) is 3.10. The Hall–Kier alpha value is -3.33. The largest absolute Gasteiger partial charge is 0.369 e. The van der Waals surface area contributed by atoms with Gasteiger partial charge in [-0.25, -0.2) is 9.67 Å². The van der Waals surface area contributed by atoms with Crippen LogP contribution in [0.4, 0.5) is 5.69 Å². The molecule has 0 unspecified atom stereocenters. The Morgan fingerprint density at radius 1 is 1.14 bits per heavy atom. The topological polar surface area (TPSA) is 106 Å². The highest BCUT2D eigenvalue weighted by atomic mass is 16.1. The van der Waals surface area contributed by atoms with Crippen LogP contribution in [-0.2, 0) is 0 Å². The van der Waals surface area contributed by atoms with Gasteiger partial charge in [0.2, 0.25) is 0 Å². The number of nitrogens with two attached hydrogens (primary N) is 1. The molecule has 0 aromatic carbocycles. The van der Waals surface area contributed by atoms with E-state index in [1.165, 1.54) is 0 Å². The molecule has 0 aliphatic carbocycles. The quantitative estimate of drug-likeness (QED) is 0.713. The van der Waals surface area contributed by atoms with E-state index in [-0.39, 0.29) is 5.69 Å². The van der Waals surface area contributed by atoms with Crippen LogP contribution in [0, 0.1) is 6.92 Å². The van der Waals surface area contributed by atoms with Gasteiger partial charge < -0.3 is 15.5 Å². The smallest absolute Gasteiger partial charge is 0.267 e. The minimum atomic E-state index is -0.554. The number of primary amides is 1. The van der Waals surface area contributed by atoms with Gasteiger partial charge in [-0.1, -0.05) is 5.21 Å². The van der Waals surface area contributed by atoms with Crippen LogP contribution in [-0.4, -0.2) is 69.0 Å². The summed E-state index contributed by atoms with van der Waals surface area (Å²) in [5, 5.41) is 8.53. The molecule has 2 N–H and O–H groups in total. The number of hydrogen-bond acceptors (Lipinski definition) is 7. The second-order valence-electron chi connectivity index (χ2n) is 7.29. The summed E-state index contributed by atoms with van der Waals surface area (Å²) in [6.45, 7) is 5.94. The summed E-state index contributed by atoms with van der Waals surface area (Å²) in [6.07, 6.45) is 6.66. The van der Waals surface area contributed by atoms with Crippen LogP contribution in [0.2, 0.25) is 0 Å². The fraction of sp³-hybridized carbons (Fsp3) is 0.350. The third-order valence-electron chi connectivity index (χ3n) is 5.15. The van der Waals surface area contributed by atoms with Crippen molar-refractivity contribution in [2.45, 2.75) is 13.3 Å². The first-order valence-electron chi connectivity index (χ1n) is 9.60. The molecule has 1 amide bonds. The molecule has 9 nitrogen and oxygen atoms in total. The van der Waals surface area contributed by atoms with Crippen molar-refractivity contribution in [1.82, 2.24) is 29.9 Å². The number of carbonyl (C=O) groups excluding carboxylic acids is 1. The van der Waals surface area contributed by atoms with Crippen molar-refractivity contribution in [1.29, 1.82) is 0 Å². The number of carbonyl (C=O) groups is 1. The number of nitrogens with zero attached hydrogens (tertiary/aromatic N) is 7. The normalized spacial score (nSPS) is 15.3. The summed E-state index contributed by atoms with van der Waals surface area (Å²) in [5.74, 6) is -0.554. The van der Waals surface area contributed by atoms with Gasteiger partial charge in [0.1, 0.15) is 11.4 Å². The molecule has 9 heteroatoms. The maximum absolute atomic E-state index is 11.3. The Kier molecular flexibility index (Phi) is 5.22. The second kappa shape index (κ2) is 7.96. The van der Waals surface area contributed by atoms with E-state index in [1.54, 1.807) is 23.0 Å². The van der Waals surface area contributed by atoms with Gasteiger partial charge in [0.15, 0.2) is 0 Å². The van der Waals surface area contributed by atoms with E-state index in [9.17, 15) is 4.79 Å². The Morgan fingerprint density at radius 2 is 2.00 bits per heavy atom. The maximum Gasteiger partial charge on any atom is 0.267 e. The minimum Gasteiger partial charge on any atom is -0.369 e. The molecular formula is C20H24N8O. The maximum atomic E-state index is 11.3. The fourth-order valence-electron chi connectivity index (χ4n) is 3.49. The number of likely N-dealkylation sites (N-methyl/N-ethyl adjacent to an activating group) is 1. The number of anilines is 1. The van der Waals surface area contributed by atoms with E-state index in [0.29, 0.717) is 5.69 Å². The predicted octanol–water partition coefficient (Wildman–Crippen LogP) is 1.27. The summed E-state index contributed by atoms with van der Waals surface area (Å²) in [6, 6.07) is 5.46. The first kappa shape index (κ1) is 19.0. The van der Waals surface area contributed by atoms with E-state index in [1.807, 2.05) is 19.3 Å². The highest BCUT2D eigenvalue weighted by molar-refractivity contribution is 5.90. The fourth-order valence-corrected chi connectivity index (χ4v) is 3.49. The van der Waals surface area contributed by atoms with Crippen LogP contribution in [0.15, 0.2) is 36.8 Å². The molecule has 1 aliphatic rings. The molecule has 1 aliphatic heterocycles. The van der Waals surface area contributed by atoms with Gasteiger partial charge >= 0.3 is 0 Å².